The van der Waals surface area contributed by atoms with E-state index >= 15 is 0 Å². The topological polar surface area (TPSA) is 67.2 Å². The molecule has 5 rings (SSSR count). The first kappa shape index (κ1) is 20.9. The van der Waals surface area contributed by atoms with Crippen LogP contribution in [0.5, 0.6) is 0 Å². The Labute approximate surface area is 192 Å². The van der Waals surface area contributed by atoms with Crippen LogP contribution in [0.15, 0.2) is 77.9 Å². The number of hydrogen-bond donors (Lipinski definition) is 1. The number of carbonyl (C=O) groups is 1. The fourth-order valence-electron chi connectivity index (χ4n) is 4.52. The van der Waals surface area contributed by atoms with Gasteiger partial charge in [-0.3, -0.25) is 14.2 Å². The molecule has 1 aliphatic heterocycles. The zero-order chi connectivity index (χ0) is 22.8. The van der Waals surface area contributed by atoms with E-state index < -0.39 is 0 Å². The van der Waals surface area contributed by atoms with Crippen LogP contribution in [0, 0.1) is 6.92 Å². The number of benzene rings is 3. The molecule has 33 heavy (non-hydrogen) atoms. The summed E-state index contributed by atoms with van der Waals surface area (Å²) in [7, 11) is 0. The van der Waals surface area contributed by atoms with Crippen LogP contribution in [-0.4, -0.2) is 22.0 Å². The molecule has 166 valence electrons. The van der Waals surface area contributed by atoms with Crippen molar-refractivity contribution in [1.29, 1.82) is 0 Å². The van der Waals surface area contributed by atoms with Crippen LogP contribution in [0.25, 0.3) is 10.9 Å². The van der Waals surface area contributed by atoms with E-state index in [1.165, 1.54) is 11.3 Å². The van der Waals surface area contributed by atoms with Gasteiger partial charge in [0, 0.05) is 25.2 Å². The molecule has 3 aromatic carbocycles. The molecule has 0 saturated heterocycles. The number of nitrogens with one attached hydrogen (secondary N) is 1. The molecule has 0 atom stereocenters. The number of rotatable bonds is 6. The second-order valence-electron chi connectivity index (χ2n) is 8.41. The Balaban J connectivity index is 1.26. The molecule has 1 amide bonds. The standard InChI is InChI=1S/C27H26N4O2/c1-19-8-6-10-21-26(19)28-18-30(27(21)33)16-7-14-25(32)29-22-11-3-5-13-24(22)31-17-15-20-9-2-4-12-23(20)31/h2-6,8-13,18H,7,14-17H2,1H3,(H,29,32). The van der Waals surface area contributed by atoms with Gasteiger partial charge < -0.3 is 10.2 Å². The third-order valence-electron chi connectivity index (χ3n) is 6.21. The fourth-order valence-corrected chi connectivity index (χ4v) is 4.52. The highest BCUT2D eigenvalue weighted by Crippen LogP contribution is 2.38. The number of fused-ring (bicyclic) bond motifs is 2. The lowest BCUT2D eigenvalue weighted by Gasteiger charge is -2.23. The molecule has 0 unspecified atom stereocenters. The van der Waals surface area contributed by atoms with Gasteiger partial charge >= 0.3 is 0 Å². The van der Waals surface area contributed by atoms with Crippen molar-refractivity contribution >= 4 is 33.9 Å². The molecule has 6 nitrogen and oxygen atoms in total. The molecule has 1 aromatic heterocycles. The predicted molar refractivity (Wildman–Crippen MR) is 132 cm³/mol. The van der Waals surface area contributed by atoms with Crippen molar-refractivity contribution in [2.45, 2.75) is 32.7 Å². The minimum atomic E-state index is -0.0675. The number of nitrogens with zero attached hydrogens (tertiary/aromatic N) is 3. The number of para-hydroxylation sites is 4. The molecule has 2 heterocycles. The molecule has 1 aliphatic rings. The normalized spacial score (nSPS) is 12.7. The number of aryl methyl sites for hydroxylation is 2. The summed E-state index contributed by atoms with van der Waals surface area (Å²) < 4.78 is 1.59. The summed E-state index contributed by atoms with van der Waals surface area (Å²) in [6.07, 6.45) is 3.45. The zero-order valence-electron chi connectivity index (χ0n) is 18.6. The smallest absolute Gasteiger partial charge is 0.261 e. The van der Waals surface area contributed by atoms with Crippen molar-refractivity contribution in [3.8, 4) is 0 Å². The Bertz CT molecular complexity index is 1390. The first-order chi connectivity index (χ1) is 16.1. The summed E-state index contributed by atoms with van der Waals surface area (Å²) in [5, 5.41) is 3.69. The summed E-state index contributed by atoms with van der Waals surface area (Å²) in [6, 6.07) is 21.9. The van der Waals surface area contributed by atoms with Gasteiger partial charge in [0.1, 0.15) is 0 Å². The summed E-state index contributed by atoms with van der Waals surface area (Å²) >= 11 is 0. The third-order valence-corrected chi connectivity index (χ3v) is 6.21. The predicted octanol–water partition coefficient (Wildman–Crippen LogP) is 4.82. The minimum Gasteiger partial charge on any atom is -0.339 e. The van der Waals surface area contributed by atoms with Gasteiger partial charge in [0.2, 0.25) is 5.91 Å². The molecule has 0 aliphatic carbocycles. The van der Waals surface area contributed by atoms with E-state index in [1.54, 1.807) is 17.0 Å². The first-order valence-corrected chi connectivity index (χ1v) is 11.3. The maximum absolute atomic E-state index is 12.8. The summed E-state index contributed by atoms with van der Waals surface area (Å²) in [6.45, 7) is 3.29. The Hall–Kier alpha value is -3.93. The average Bonchev–Trinajstić information content (AvgIpc) is 3.25. The van der Waals surface area contributed by atoms with E-state index in [0.29, 0.717) is 24.8 Å². The third kappa shape index (κ3) is 4.12. The largest absolute Gasteiger partial charge is 0.339 e. The average molecular weight is 439 g/mol. The minimum absolute atomic E-state index is 0.0624. The van der Waals surface area contributed by atoms with Crippen molar-refractivity contribution in [2.24, 2.45) is 0 Å². The van der Waals surface area contributed by atoms with Crippen LogP contribution >= 0.6 is 0 Å². The lowest BCUT2D eigenvalue weighted by molar-refractivity contribution is -0.116. The van der Waals surface area contributed by atoms with E-state index in [2.05, 4.69) is 33.4 Å². The van der Waals surface area contributed by atoms with Gasteiger partial charge in [-0.1, -0.05) is 42.5 Å². The quantitative estimate of drug-likeness (QED) is 0.469. The lowest BCUT2D eigenvalue weighted by atomic mass is 10.1. The van der Waals surface area contributed by atoms with Gasteiger partial charge in [-0.15, -0.1) is 0 Å². The number of anilines is 3. The lowest BCUT2D eigenvalue weighted by Crippen LogP contribution is -2.22. The zero-order valence-corrected chi connectivity index (χ0v) is 18.6. The molecule has 6 heteroatoms. The van der Waals surface area contributed by atoms with Crippen LogP contribution in [0.3, 0.4) is 0 Å². The molecule has 0 spiro atoms. The van der Waals surface area contributed by atoms with Gasteiger partial charge in [0.25, 0.3) is 5.56 Å². The molecule has 0 fully saturated rings. The molecule has 0 bridgehead atoms. The molecule has 1 N–H and O–H groups in total. The van der Waals surface area contributed by atoms with E-state index in [-0.39, 0.29) is 11.5 Å². The van der Waals surface area contributed by atoms with E-state index in [9.17, 15) is 9.59 Å². The number of aromatic nitrogens is 2. The Morgan fingerprint density at radius 3 is 2.67 bits per heavy atom. The Morgan fingerprint density at radius 1 is 1.00 bits per heavy atom. The van der Waals surface area contributed by atoms with Gasteiger partial charge in [-0.05, 0) is 55.2 Å². The van der Waals surface area contributed by atoms with E-state index in [4.69, 9.17) is 0 Å². The molecule has 4 aromatic rings. The highest BCUT2D eigenvalue weighted by atomic mass is 16.1. The highest BCUT2D eigenvalue weighted by molar-refractivity contribution is 5.95. The van der Waals surface area contributed by atoms with Crippen molar-refractivity contribution in [1.82, 2.24) is 9.55 Å². The fraction of sp³-hybridized carbons (Fsp3) is 0.222. The number of carbonyl (C=O) groups excluding carboxylic acids is 1. The second-order valence-corrected chi connectivity index (χ2v) is 8.41. The van der Waals surface area contributed by atoms with Gasteiger partial charge in [0.15, 0.2) is 0 Å². The maximum Gasteiger partial charge on any atom is 0.261 e. The summed E-state index contributed by atoms with van der Waals surface area (Å²) in [4.78, 5) is 32.2. The van der Waals surface area contributed by atoms with E-state index in [1.807, 2.05) is 49.4 Å². The van der Waals surface area contributed by atoms with Gasteiger partial charge in [-0.25, -0.2) is 4.98 Å². The van der Waals surface area contributed by atoms with Crippen LogP contribution in [0.2, 0.25) is 0 Å². The van der Waals surface area contributed by atoms with Crippen LogP contribution in [-0.2, 0) is 17.8 Å². The molecule has 0 saturated carbocycles. The van der Waals surface area contributed by atoms with Gasteiger partial charge in [0.05, 0.1) is 28.6 Å². The van der Waals surface area contributed by atoms with Crippen molar-refractivity contribution in [2.75, 3.05) is 16.8 Å². The monoisotopic (exact) mass is 438 g/mol. The Kier molecular flexibility index (Phi) is 5.65. The summed E-state index contributed by atoms with van der Waals surface area (Å²) in [5.74, 6) is -0.0624. The summed E-state index contributed by atoms with van der Waals surface area (Å²) in [5.41, 5.74) is 5.97. The number of amides is 1. The van der Waals surface area contributed by atoms with E-state index in [0.717, 1.165) is 35.4 Å². The molecular weight excluding hydrogens is 412 g/mol. The van der Waals surface area contributed by atoms with Crippen LogP contribution in [0.1, 0.15) is 24.0 Å². The number of hydrogen-bond acceptors (Lipinski definition) is 4. The molecule has 0 radical (unpaired) electrons. The van der Waals surface area contributed by atoms with Gasteiger partial charge in [-0.2, -0.15) is 0 Å². The van der Waals surface area contributed by atoms with Crippen molar-refractivity contribution < 1.29 is 4.79 Å². The highest BCUT2D eigenvalue weighted by Gasteiger charge is 2.22. The van der Waals surface area contributed by atoms with Crippen molar-refractivity contribution in [3.63, 3.8) is 0 Å². The SMILES string of the molecule is Cc1cccc2c(=O)n(CCCC(=O)Nc3ccccc3N3CCc4ccccc43)cnc12. The van der Waals surface area contributed by atoms with Crippen molar-refractivity contribution in [3.05, 3.63) is 94.5 Å². The van der Waals surface area contributed by atoms with Crippen LogP contribution < -0.4 is 15.8 Å². The van der Waals surface area contributed by atoms with Crippen LogP contribution in [0.4, 0.5) is 17.1 Å². The first-order valence-electron chi connectivity index (χ1n) is 11.3. The maximum atomic E-state index is 12.8. The second kappa shape index (κ2) is 8.90. The molecular formula is C27H26N4O2. The Morgan fingerprint density at radius 2 is 1.79 bits per heavy atom.